The van der Waals surface area contributed by atoms with E-state index in [9.17, 15) is 4.39 Å². The molecule has 0 heterocycles. The van der Waals surface area contributed by atoms with Crippen LogP contribution in [0.5, 0.6) is 0 Å². The first-order valence-corrected chi connectivity index (χ1v) is 2.33. The summed E-state index contributed by atoms with van der Waals surface area (Å²) in [5, 5.41) is 2.58. The van der Waals surface area contributed by atoms with E-state index >= 15 is 0 Å². The predicted molar refractivity (Wildman–Crippen MR) is 28.5 cm³/mol. The molecule has 0 atom stereocenters. The van der Waals surface area contributed by atoms with Gasteiger partial charge in [0.1, 0.15) is 5.83 Å². The van der Waals surface area contributed by atoms with E-state index in [1.54, 1.807) is 14.0 Å². The fourth-order valence-electron chi connectivity index (χ4n) is 0.259. The van der Waals surface area contributed by atoms with Crippen LogP contribution >= 0.6 is 0 Å². The first-order valence-electron chi connectivity index (χ1n) is 2.33. The van der Waals surface area contributed by atoms with Crippen LogP contribution in [0.15, 0.2) is 12.0 Å². The maximum Gasteiger partial charge on any atom is 0.115 e. The Hall–Kier alpha value is -0.530. The summed E-state index contributed by atoms with van der Waals surface area (Å²) in [7, 11) is 1.68. The molecule has 0 aromatic rings. The van der Waals surface area contributed by atoms with Crippen molar-refractivity contribution in [3.8, 4) is 0 Å². The van der Waals surface area contributed by atoms with Gasteiger partial charge >= 0.3 is 0 Å². The monoisotopic (exact) mass is 103 g/mol. The van der Waals surface area contributed by atoms with Crippen molar-refractivity contribution in [3.63, 3.8) is 0 Å². The first-order chi connectivity index (χ1) is 3.31. The Balaban J connectivity index is 3.29. The molecule has 1 nitrogen and oxygen atoms in total. The summed E-state index contributed by atoms with van der Waals surface area (Å²) in [6.45, 7) is 1.77. The van der Waals surface area contributed by atoms with Crippen molar-refractivity contribution in [2.75, 3.05) is 7.05 Å². The molecule has 42 valence electrons. The second kappa shape index (κ2) is 3.65. The van der Waals surface area contributed by atoms with Crippen molar-refractivity contribution >= 4 is 0 Å². The summed E-state index contributed by atoms with van der Waals surface area (Å²) in [4.78, 5) is 0. The fourth-order valence-corrected chi connectivity index (χ4v) is 0.259. The van der Waals surface area contributed by atoms with E-state index in [4.69, 9.17) is 0 Å². The van der Waals surface area contributed by atoms with E-state index in [0.29, 0.717) is 6.42 Å². The number of nitrogens with one attached hydrogen (secondary N) is 1. The van der Waals surface area contributed by atoms with Crippen LogP contribution in [0.4, 0.5) is 4.39 Å². The van der Waals surface area contributed by atoms with Crippen LogP contribution in [0.3, 0.4) is 0 Å². The number of rotatable bonds is 2. The summed E-state index contributed by atoms with van der Waals surface area (Å²) in [6, 6.07) is 0. The van der Waals surface area contributed by atoms with Gasteiger partial charge in [-0.05, 0) is 6.42 Å². The average molecular weight is 103 g/mol. The normalized spacial score (nSPS) is 11.6. The van der Waals surface area contributed by atoms with Gasteiger partial charge in [0.05, 0.1) is 0 Å². The molecule has 0 aliphatic carbocycles. The molecule has 7 heavy (non-hydrogen) atoms. The molecule has 1 N–H and O–H groups in total. The molecular formula is C5H10FN. The minimum Gasteiger partial charge on any atom is -0.392 e. The van der Waals surface area contributed by atoms with E-state index in [-0.39, 0.29) is 5.83 Å². The molecule has 0 aliphatic rings. The third-order valence-corrected chi connectivity index (χ3v) is 0.639. The number of hydrogen-bond donors (Lipinski definition) is 1. The number of halogens is 1. The molecule has 0 saturated heterocycles. The van der Waals surface area contributed by atoms with Crippen molar-refractivity contribution in [2.45, 2.75) is 13.3 Å². The Morgan fingerprint density at radius 3 is 2.57 bits per heavy atom. The highest BCUT2D eigenvalue weighted by atomic mass is 19.1. The SMILES string of the molecule is CC/C(F)=C\NC. The number of hydrogen-bond acceptors (Lipinski definition) is 1. The van der Waals surface area contributed by atoms with Crippen LogP contribution in [0, 0.1) is 0 Å². The first kappa shape index (κ1) is 6.47. The second-order valence-corrected chi connectivity index (χ2v) is 1.23. The Morgan fingerprint density at radius 2 is 2.43 bits per heavy atom. The molecule has 0 unspecified atom stereocenters. The lowest BCUT2D eigenvalue weighted by Crippen LogP contribution is -1.92. The van der Waals surface area contributed by atoms with Gasteiger partial charge in [0, 0.05) is 13.2 Å². The number of allylic oxidation sites excluding steroid dienone is 1. The van der Waals surface area contributed by atoms with Crippen LogP contribution in [0.2, 0.25) is 0 Å². The Labute approximate surface area is 43.2 Å². The van der Waals surface area contributed by atoms with Crippen molar-refractivity contribution in [1.82, 2.24) is 5.32 Å². The lowest BCUT2D eigenvalue weighted by Gasteiger charge is -1.86. The minimum absolute atomic E-state index is 0.109. The van der Waals surface area contributed by atoms with E-state index in [2.05, 4.69) is 5.32 Å². The molecule has 0 radical (unpaired) electrons. The molecule has 0 amide bonds. The third-order valence-electron chi connectivity index (χ3n) is 0.639. The van der Waals surface area contributed by atoms with Crippen LogP contribution < -0.4 is 5.32 Å². The Kier molecular flexibility index (Phi) is 3.38. The van der Waals surface area contributed by atoms with Crippen LogP contribution in [0.25, 0.3) is 0 Å². The highest BCUT2D eigenvalue weighted by Crippen LogP contribution is 1.96. The van der Waals surface area contributed by atoms with Crippen LogP contribution in [-0.4, -0.2) is 7.05 Å². The van der Waals surface area contributed by atoms with Crippen molar-refractivity contribution < 1.29 is 4.39 Å². The maximum absolute atomic E-state index is 11.9. The second-order valence-electron chi connectivity index (χ2n) is 1.23. The molecule has 0 aromatic carbocycles. The lowest BCUT2D eigenvalue weighted by atomic mass is 10.4. The fraction of sp³-hybridized carbons (Fsp3) is 0.600. The molecule has 0 aliphatic heterocycles. The molecule has 0 fully saturated rings. The molecule has 0 bridgehead atoms. The molecular weight excluding hydrogens is 93.1 g/mol. The molecule has 0 rings (SSSR count). The lowest BCUT2D eigenvalue weighted by molar-refractivity contribution is 0.595. The van der Waals surface area contributed by atoms with E-state index < -0.39 is 0 Å². The third kappa shape index (κ3) is 3.30. The summed E-state index contributed by atoms with van der Waals surface area (Å²) in [5.41, 5.74) is 0. The van der Waals surface area contributed by atoms with Crippen molar-refractivity contribution in [3.05, 3.63) is 12.0 Å². The van der Waals surface area contributed by atoms with Gasteiger partial charge in [-0.1, -0.05) is 6.92 Å². The topological polar surface area (TPSA) is 12.0 Å². The molecule has 0 spiro atoms. The average Bonchev–Trinajstić information content (AvgIpc) is 1.68. The van der Waals surface area contributed by atoms with E-state index in [1.165, 1.54) is 6.20 Å². The van der Waals surface area contributed by atoms with E-state index in [0.717, 1.165) is 0 Å². The summed E-state index contributed by atoms with van der Waals surface area (Å²) in [5.74, 6) is -0.109. The van der Waals surface area contributed by atoms with Gasteiger partial charge in [0.25, 0.3) is 0 Å². The highest BCUT2D eigenvalue weighted by Gasteiger charge is 1.82. The smallest absolute Gasteiger partial charge is 0.115 e. The standard InChI is InChI=1S/C5H10FN/c1-3-5(6)4-7-2/h4,7H,3H2,1-2H3/b5-4+. The minimum atomic E-state index is -0.109. The Morgan fingerprint density at radius 1 is 1.86 bits per heavy atom. The highest BCUT2D eigenvalue weighted by molar-refractivity contribution is 4.86. The zero-order chi connectivity index (χ0) is 5.70. The van der Waals surface area contributed by atoms with Gasteiger partial charge in [-0.3, -0.25) is 0 Å². The Bertz CT molecular complexity index is 68.5. The summed E-state index contributed by atoms with van der Waals surface area (Å²) >= 11 is 0. The molecule has 2 heteroatoms. The predicted octanol–water partition coefficient (Wildman–Crippen LogP) is 1.43. The van der Waals surface area contributed by atoms with Gasteiger partial charge in [-0.15, -0.1) is 0 Å². The quantitative estimate of drug-likeness (QED) is 0.557. The molecule has 0 saturated carbocycles. The summed E-state index contributed by atoms with van der Waals surface area (Å²) < 4.78 is 11.9. The maximum atomic E-state index is 11.9. The van der Waals surface area contributed by atoms with Gasteiger partial charge in [-0.2, -0.15) is 0 Å². The zero-order valence-corrected chi connectivity index (χ0v) is 4.66. The van der Waals surface area contributed by atoms with Gasteiger partial charge in [-0.25, -0.2) is 4.39 Å². The van der Waals surface area contributed by atoms with Gasteiger partial charge < -0.3 is 5.32 Å². The van der Waals surface area contributed by atoms with Crippen LogP contribution in [0.1, 0.15) is 13.3 Å². The largest absolute Gasteiger partial charge is 0.392 e. The van der Waals surface area contributed by atoms with Crippen molar-refractivity contribution in [2.24, 2.45) is 0 Å². The molecule has 0 aromatic heterocycles. The van der Waals surface area contributed by atoms with Crippen molar-refractivity contribution in [1.29, 1.82) is 0 Å². The van der Waals surface area contributed by atoms with E-state index in [1.807, 2.05) is 0 Å². The van der Waals surface area contributed by atoms with Crippen LogP contribution in [-0.2, 0) is 0 Å². The summed E-state index contributed by atoms with van der Waals surface area (Å²) in [6.07, 6.45) is 1.82. The van der Waals surface area contributed by atoms with Gasteiger partial charge in [0.2, 0.25) is 0 Å². The van der Waals surface area contributed by atoms with Gasteiger partial charge in [0.15, 0.2) is 0 Å². The zero-order valence-electron chi connectivity index (χ0n) is 4.66.